The van der Waals surface area contributed by atoms with E-state index in [1.54, 1.807) is 0 Å². The van der Waals surface area contributed by atoms with E-state index in [9.17, 15) is 29.0 Å². The molecule has 1 aromatic heterocycles. The summed E-state index contributed by atoms with van der Waals surface area (Å²) < 4.78 is 35.6. The van der Waals surface area contributed by atoms with E-state index in [0.29, 0.717) is 11.3 Å². The Morgan fingerprint density at radius 2 is 2.12 bits per heavy atom. The van der Waals surface area contributed by atoms with Crippen LogP contribution < -0.4 is 16.2 Å². The number of nitrogens with one attached hydrogen (secondary N) is 2. The number of benzene rings is 1. The van der Waals surface area contributed by atoms with Gasteiger partial charge in [-0.05, 0) is 30.2 Å². The molecule has 5 rings (SSSR count). The predicted octanol–water partition coefficient (Wildman–Crippen LogP) is 1.30. The number of pyridine rings is 1. The summed E-state index contributed by atoms with van der Waals surface area (Å²) in [4.78, 5) is 37.0. The van der Waals surface area contributed by atoms with Gasteiger partial charge in [0.15, 0.2) is 11.9 Å². The highest BCUT2D eigenvalue weighted by atomic mass is 35.5. The van der Waals surface area contributed by atoms with Gasteiger partial charge in [-0.15, -0.1) is 0 Å². The first-order valence-electron chi connectivity index (χ1n) is 10.3. The molecule has 0 spiro atoms. The fourth-order valence-corrected chi connectivity index (χ4v) is 4.73. The molecule has 3 aliphatic heterocycles. The van der Waals surface area contributed by atoms with Crippen LogP contribution in [0.15, 0.2) is 22.5 Å². The van der Waals surface area contributed by atoms with Gasteiger partial charge < -0.3 is 30.2 Å². The maximum Gasteiger partial charge on any atom is 0.340 e. The van der Waals surface area contributed by atoms with Crippen LogP contribution >= 0.6 is 11.6 Å². The van der Waals surface area contributed by atoms with E-state index in [-0.39, 0.29) is 47.6 Å². The summed E-state index contributed by atoms with van der Waals surface area (Å²) >= 11 is 5.81. The minimum absolute atomic E-state index is 0.00306. The smallest absolute Gasteiger partial charge is 0.340 e. The van der Waals surface area contributed by atoms with E-state index in [0.717, 1.165) is 6.07 Å². The highest BCUT2D eigenvalue weighted by Gasteiger charge is 2.40. The SMILES string of the molecule is CC(O)C(=O)NCC1=C2Cn3c(cc4c(c3=O)COC(=O)C4O)C2Nc2cc(F)c(Cl)c(F)c21. The molecular weight excluding hydrogens is 476 g/mol. The number of aliphatic hydroxyl groups is 2. The Kier molecular flexibility index (Phi) is 5.23. The number of fused-ring (bicyclic) bond motifs is 5. The maximum atomic E-state index is 15.1. The van der Waals surface area contributed by atoms with E-state index in [1.165, 1.54) is 17.6 Å². The second kappa shape index (κ2) is 7.90. The summed E-state index contributed by atoms with van der Waals surface area (Å²) in [5.41, 5.74) is 0.857. The molecule has 1 amide bonds. The molecule has 34 heavy (non-hydrogen) atoms. The number of cyclic esters (lactones) is 1. The third kappa shape index (κ3) is 3.23. The Morgan fingerprint density at radius 3 is 2.82 bits per heavy atom. The van der Waals surface area contributed by atoms with E-state index >= 15 is 4.39 Å². The third-order valence-electron chi connectivity index (χ3n) is 6.29. The van der Waals surface area contributed by atoms with Gasteiger partial charge in [0.05, 0.1) is 11.6 Å². The predicted molar refractivity (Wildman–Crippen MR) is 115 cm³/mol. The third-order valence-corrected chi connectivity index (χ3v) is 6.63. The first kappa shape index (κ1) is 22.5. The second-order valence-electron chi connectivity index (χ2n) is 8.29. The highest BCUT2D eigenvalue weighted by Crippen LogP contribution is 2.47. The molecule has 3 aliphatic rings. The quantitative estimate of drug-likeness (QED) is 0.374. The van der Waals surface area contributed by atoms with Crippen molar-refractivity contribution in [1.29, 1.82) is 0 Å². The molecule has 9 nitrogen and oxygen atoms in total. The van der Waals surface area contributed by atoms with Gasteiger partial charge in [-0.25, -0.2) is 13.6 Å². The van der Waals surface area contributed by atoms with Crippen molar-refractivity contribution in [3.05, 3.63) is 67.1 Å². The molecule has 0 fully saturated rings. The fraction of sp³-hybridized carbons (Fsp3) is 0.318. The summed E-state index contributed by atoms with van der Waals surface area (Å²) in [6.45, 7) is 0.741. The largest absolute Gasteiger partial charge is 0.458 e. The van der Waals surface area contributed by atoms with Gasteiger partial charge in [-0.1, -0.05) is 11.6 Å². The van der Waals surface area contributed by atoms with Crippen LogP contribution in [0.3, 0.4) is 0 Å². The standard InChI is InChI=1S/C22H18ClF2N3O6/c1-7(29)20(31)26-4-9-10-5-28-14(2-8-11(21(28)32)6-34-22(33)19(8)30)18(10)27-13-3-12(24)16(23)17(25)15(9)13/h2-3,7,18-19,27,29-30H,4-6H2,1H3,(H,26,31). The molecule has 12 heteroatoms. The number of amides is 1. The molecule has 0 saturated carbocycles. The van der Waals surface area contributed by atoms with Gasteiger partial charge >= 0.3 is 5.97 Å². The van der Waals surface area contributed by atoms with E-state index in [1.807, 2.05) is 0 Å². The molecule has 0 aliphatic carbocycles. The molecular formula is C22H18ClF2N3O6. The number of halogens is 3. The van der Waals surface area contributed by atoms with Crippen LogP contribution in [0.2, 0.25) is 5.02 Å². The van der Waals surface area contributed by atoms with Crippen LogP contribution in [-0.2, 0) is 27.5 Å². The number of carbonyl (C=O) groups excluding carboxylic acids is 2. The maximum absolute atomic E-state index is 15.1. The summed E-state index contributed by atoms with van der Waals surface area (Å²) in [7, 11) is 0. The van der Waals surface area contributed by atoms with Gasteiger partial charge in [0, 0.05) is 35.6 Å². The lowest BCUT2D eigenvalue weighted by Gasteiger charge is -2.29. The lowest BCUT2D eigenvalue weighted by molar-refractivity contribution is -0.157. The number of rotatable bonds is 3. The number of hydrogen-bond donors (Lipinski definition) is 4. The van der Waals surface area contributed by atoms with Crippen LogP contribution in [-0.4, -0.2) is 39.3 Å². The Hall–Kier alpha value is -3.28. The van der Waals surface area contributed by atoms with Gasteiger partial charge in [0.1, 0.15) is 23.6 Å². The first-order valence-corrected chi connectivity index (χ1v) is 10.7. The van der Waals surface area contributed by atoms with Crippen molar-refractivity contribution in [2.75, 3.05) is 11.9 Å². The van der Waals surface area contributed by atoms with Gasteiger partial charge in [0.25, 0.3) is 5.56 Å². The summed E-state index contributed by atoms with van der Waals surface area (Å²) in [5.74, 6) is -3.62. The molecule has 3 atom stereocenters. The van der Waals surface area contributed by atoms with Crippen LogP contribution in [0.5, 0.6) is 0 Å². The van der Waals surface area contributed by atoms with Crippen molar-refractivity contribution in [2.24, 2.45) is 0 Å². The Balaban J connectivity index is 1.69. The molecule has 4 heterocycles. The molecule has 0 bridgehead atoms. The number of ether oxygens (including phenoxy) is 1. The lowest BCUT2D eigenvalue weighted by Crippen LogP contribution is -2.35. The zero-order valence-electron chi connectivity index (χ0n) is 17.6. The summed E-state index contributed by atoms with van der Waals surface area (Å²) in [6, 6.07) is 1.76. The molecule has 2 aromatic rings. The molecule has 4 N–H and O–H groups in total. The topological polar surface area (TPSA) is 130 Å². The number of aromatic nitrogens is 1. The molecule has 0 saturated heterocycles. The second-order valence-corrected chi connectivity index (χ2v) is 8.67. The summed E-state index contributed by atoms with van der Waals surface area (Å²) in [5, 5.41) is 24.6. The van der Waals surface area contributed by atoms with Crippen LogP contribution in [0.25, 0.3) is 5.57 Å². The van der Waals surface area contributed by atoms with Gasteiger partial charge in [0.2, 0.25) is 5.91 Å². The number of hydrogen-bond acceptors (Lipinski definition) is 7. The van der Waals surface area contributed by atoms with Crippen molar-refractivity contribution >= 4 is 34.7 Å². The average molecular weight is 494 g/mol. The molecule has 3 unspecified atom stereocenters. The zero-order valence-corrected chi connectivity index (χ0v) is 18.4. The number of esters is 1. The van der Waals surface area contributed by atoms with E-state index < -0.39 is 52.3 Å². The van der Waals surface area contributed by atoms with Crippen molar-refractivity contribution < 1.29 is 33.3 Å². The Labute approximate surface area is 195 Å². The molecule has 1 aromatic carbocycles. The zero-order chi connectivity index (χ0) is 24.5. The Morgan fingerprint density at radius 1 is 1.38 bits per heavy atom. The van der Waals surface area contributed by atoms with E-state index in [4.69, 9.17) is 16.3 Å². The fourth-order valence-electron chi connectivity index (χ4n) is 4.58. The van der Waals surface area contributed by atoms with Gasteiger partial charge in [-0.3, -0.25) is 9.59 Å². The average Bonchev–Trinajstić information content (AvgIpc) is 3.16. The normalized spacial score (nSPS) is 21.1. The van der Waals surface area contributed by atoms with Crippen LogP contribution in [0.4, 0.5) is 14.5 Å². The minimum Gasteiger partial charge on any atom is -0.458 e. The Bertz CT molecular complexity index is 1370. The van der Waals surface area contributed by atoms with Gasteiger partial charge in [-0.2, -0.15) is 0 Å². The minimum atomic E-state index is -1.63. The monoisotopic (exact) mass is 493 g/mol. The van der Waals surface area contributed by atoms with Crippen molar-refractivity contribution in [1.82, 2.24) is 9.88 Å². The van der Waals surface area contributed by atoms with Crippen molar-refractivity contribution in [3.63, 3.8) is 0 Å². The summed E-state index contributed by atoms with van der Waals surface area (Å²) in [6.07, 6.45) is -2.96. The lowest BCUT2D eigenvalue weighted by atomic mass is 9.88. The molecule has 178 valence electrons. The number of anilines is 1. The number of nitrogens with zero attached hydrogens (tertiary/aromatic N) is 1. The van der Waals surface area contributed by atoms with Crippen molar-refractivity contribution in [3.8, 4) is 0 Å². The van der Waals surface area contributed by atoms with Crippen LogP contribution in [0, 0.1) is 11.6 Å². The van der Waals surface area contributed by atoms with Crippen molar-refractivity contribution in [2.45, 2.75) is 38.3 Å². The number of carbonyl (C=O) groups is 2. The molecule has 0 radical (unpaired) electrons. The van der Waals surface area contributed by atoms with Crippen LogP contribution in [0.1, 0.15) is 41.5 Å². The van der Waals surface area contributed by atoms with E-state index in [2.05, 4.69) is 10.6 Å². The first-order chi connectivity index (χ1) is 16.1. The number of aliphatic hydroxyl groups excluding tert-OH is 2. The highest BCUT2D eigenvalue weighted by molar-refractivity contribution is 6.31.